The number of hydrogen-bond donors (Lipinski definition) is 0. The van der Waals surface area contributed by atoms with Crippen molar-refractivity contribution >= 4 is 17.1 Å². The molecule has 1 nitrogen and oxygen atoms in total. The molecule has 0 N–H and O–H groups in total. The van der Waals surface area contributed by atoms with Crippen molar-refractivity contribution in [1.82, 2.24) is 0 Å². The van der Waals surface area contributed by atoms with Gasteiger partial charge in [0.2, 0.25) is 0 Å². The van der Waals surface area contributed by atoms with Crippen LogP contribution in [0, 0.1) is 27.7 Å². The Balaban J connectivity index is 0.801. The molecule has 0 bridgehead atoms. The number of nitrogens with zero attached hydrogens (tertiary/aromatic N) is 1. The van der Waals surface area contributed by atoms with Gasteiger partial charge in [0, 0.05) is 28.4 Å². The van der Waals surface area contributed by atoms with Gasteiger partial charge in [0.05, 0.1) is 0 Å². The quantitative estimate of drug-likeness (QED) is 0.0872. The van der Waals surface area contributed by atoms with Gasteiger partial charge >= 0.3 is 0 Å². The van der Waals surface area contributed by atoms with Gasteiger partial charge in [-0.05, 0) is 241 Å². The van der Waals surface area contributed by atoms with E-state index < -0.39 is 0 Å². The molecular formula is C92H87N. The van der Waals surface area contributed by atoms with E-state index in [2.05, 4.69) is 341 Å². The lowest BCUT2D eigenvalue weighted by Crippen LogP contribution is -2.27. The molecule has 1 spiro atoms. The number of hydrogen-bond acceptors (Lipinski definition) is 1. The van der Waals surface area contributed by atoms with E-state index in [1.165, 1.54) is 139 Å². The molecule has 2 aliphatic carbocycles. The van der Waals surface area contributed by atoms with Crippen LogP contribution in [0.4, 0.5) is 17.1 Å². The highest BCUT2D eigenvalue weighted by Crippen LogP contribution is 2.64. The summed E-state index contributed by atoms with van der Waals surface area (Å²) < 4.78 is 0. The first kappa shape index (κ1) is 61.0. The van der Waals surface area contributed by atoms with Crippen molar-refractivity contribution in [2.75, 3.05) is 4.90 Å². The lowest BCUT2D eigenvalue weighted by Gasteiger charge is -2.31. The van der Waals surface area contributed by atoms with Crippen LogP contribution >= 0.6 is 0 Å². The average Bonchev–Trinajstić information content (AvgIpc) is 1.53. The number of benzene rings is 12. The predicted octanol–water partition coefficient (Wildman–Crippen LogP) is 25.1. The van der Waals surface area contributed by atoms with Crippen LogP contribution < -0.4 is 4.90 Å². The highest BCUT2D eigenvalue weighted by molar-refractivity contribution is 5.83. The molecule has 93 heavy (non-hydrogen) atoms. The van der Waals surface area contributed by atoms with Crippen molar-refractivity contribution in [3.05, 3.63) is 339 Å². The Morgan fingerprint density at radius 1 is 0.312 bits per heavy atom. The van der Waals surface area contributed by atoms with E-state index in [1.54, 1.807) is 0 Å². The Morgan fingerprint density at radius 3 is 1.06 bits per heavy atom. The van der Waals surface area contributed by atoms with E-state index in [9.17, 15) is 0 Å². The van der Waals surface area contributed by atoms with Gasteiger partial charge < -0.3 is 4.90 Å². The summed E-state index contributed by atoms with van der Waals surface area (Å²) in [6, 6.07) is 102. The maximum absolute atomic E-state index is 2.61. The highest BCUT2D eigenvalue weighted by Gasteiger charge is 2.56. The summed E-state index contributed by atoms with van der Waals surface area (Å²) in [6.45, 7) is 23.4. The minimum atomic E-state index is -0.143. The molecule has 12 aromatic rings. The fraction of sp³-hybridized carbons (Fsp3) is 0.217. The van der Waals surface area contributed by atoms with E-state index in [4.69, 9.17) is 0 Å². The maximum atomic E-state index is 2.61. The summed E-state index contributed by atoms with van der Waals surface area (Å²) >= 11 is 0. The second-order valence-corrected chi connectivity index (χ2v) is 28.5. The normalized spacial score (nSPS) is 15.5. The van der Waals surface area contributed by atoms with Crippen LogP contribution in [0.2, 0.25) is 0 Å². The first-order valence-corrected chi connectivity index (χ1v) is 34.1. The molecule has 2 unspecified atom stereocenters. The monoisotopic (exact) mass is 1210 g/mol. The van der Waals surface area contributed by atoms with Crippen LogP contribution in [0.5, 0.6) is 0 Å². The molecule has 0 saturated heterocycles. The van der Waals surface area contributed by atoms with Crippen molar-refractivity contribution in [1.29, 1.82) is 0 Å². The van der Waals surface area contributed by atoms with Gasteiger partial charge in [-0.15, -0.1) is 0 Å². The van der Waals surface area contributed by atoms with Gasteiger partial charge in [-0.1, -0.05) is 284 Å². The molecule has 0 aromatic heterocycles. The van der Waals surface area contributed by atoms with E-state index >= 15 is 0 Å². The molecule has 0 aliphatic heterocycles. The second kappa shape index (κ2) is 24.8. The zero-order valence-corrected chi connectivity index (χ0v) is 56.2. The Hall–Kier alpha value is -9.56. The molecule has 1 heteroatoms. The third-order valence-corrected chi connectivity index (χ3v) is 20.8. The molecule has 0 fully saturated rings. The average molecular weight is 1210 g/mol. The van der Waals surface area contributed by atoms with Crippen molar-refractivity contribution in [3.63, 3.8) is 0 Å². The van der Waals surface area contributed by atoms with Crippen LogP contribution in [-0.4, -0.2) is 0 Å². The smallest absolute Gasteiger partial charge is 0.0464 e. The molecule has 460 valence electrons. The lowest BCUT2D eigenvalue weighted by molar-refractivity contribution is 0.349. The van der Waals surface area contributed by atoms with Crippen molar-refractivity contribution in [2.45, 2.75) is 130 Å². The molecule has 2 aliphatic rings. The minimum Gasteiger partial charge on any atom is -0.310 e. The summed E-state index contributed by atoms with van der Waals surface area (Å²) in [6.07, 6.45) is 6.66. The molecule has 2 atom stereocenters. The van der Waals surface area contributed by atoms with Gasteiger partial charge in [0.25, 0.3) is 0 Å². The predicted molar refractivity (Wildman–Crippen MR) is 397 cm³/mol. The second-order valence-electron chi connectivity index (χ2n) is 28.5. The molecule has 0 radical (unpaired) electrons. The van der Waals surface area contributed by atoms with E-state index in [1.807, 2.05) is 0 Å². The standard InChI is InChI=1S/C92H87N/c1-11-15-65-21-25-67(26-22-65)69-29-33-73(34-30-69)89(74-35-31-71(32-36-74)75-19-13-17-61(3)53-75)79-41-49-83(63(5)55-79)77-42-51-85-87(57-77)92(59-90(85,7)8)60-91(9,10)86-52-43-78(58-88(86)92)84-50-48-82(56-64(84)6)93(81-46-39-72(40-47-81)76-20-14-18-62(4)54-76)80-44-37-70(38-45-80)68-27-23-66(16-12-2)24-28-68/h13-14,17-58,89H,11-12,15-16,59-60H2,1-10H3. The van der Waals surface area contributed by atoms with Gasteiger partial charge in [0.1, 0.15) is 0 Å². The van der Waals surface area contributed by atoms with Crippen LogP contribution in [0.1, 0.15) is 145 Å². The maximum Gasteiger partial charge on any atom is 0.0464 e. The molecule has 0 saturated carbocycles. The fourth-order valence-electron chi connectivity index (χ4n) is 16.3. The van der Waals surface area contributed by atoms with Gasteiger partial charge in [-0.25, -0.2) is 0 Å². The topological polar surface area (TPSA) is 3.24 Å². The minimum absolute atomic E-state index is 0.00659. The number of anilines is 3. The van der Waals surface area contributed by atoms with E-state index in [-0.39, 0.29) is 22.2 Å². The Bertz CT molecular complexity index is 4390. The number of fused-ring (bicyclic) bond motifs is 4. The molecule has 12 aromatic carbocycles. The first-order valence-electron chi connectivity index (χ1n) is 34.1. The summed E-state index contributed by atoms with van der Waals surface area (Å²) in [7, 11) is 0. The van der Waals surface area contributed by atoms with Crippen molar-refractivity contribution in [3.8, 4) is 66.8 Å². The SMILES string of the molecule is CCCc1ccc(-c2ccc(C(c3ccc(-c4cccc(C)c4)cc3)c3ccc(-c4ccc5c(c4)C4(CC5(C)C)CC(C)(C)c5ccc(-c6ccc(N(c7ccc(-c8ccc(CCC)cc8)cc7)c7ccc(-c8cccc(C)c8)cc7)cc6C)cc54)c(C)c3)cc2)cc1. The van der Waals surface area contributed by atoms with E-state index in [0.29, 0.717) is 0 Å². The van der Waals surface area contributed by atoms with Crippen LogP contribution in [-0.2, 0) is 29.1 Å². The fourth-order valence-corrected chi connectivity index (χ4v) is 16.3. The Labute approximate surface area is 554 Å². The summed E-state index contributed by atoms with van der Waals surface area (Å²) in [5.74, 6) is 0.0540. The van der Waals surface area contributed by atoms with Crippen molar-refractivity contribution < 1.29 is 0 Å². The number of aryl methyl sites for hydroxylation is 6. The summed E-state index contributed by atoms with van der Waals surface area (Å²) in [5.41, 5.74) is 36.0. The zero-order valence-electron chi connectivity index (χ0n) is 56.2. The third kappa shape index (κ3) is 11.8. The highest BCUT2D eigenvalue weighted by atomic mass is 15.1. The largest absolute Gasteiger partial charge is 0.310 e. The van der Waals surface area contributed by atoms with Crippen LogP contribution in [0.25, 0.3) is 66.8 Å². The Morgan fingerprint density at radius 2 is 0.667 bits per heavy atom. The summed E-state index contributed by atoms with van der Waals surface area (Å²) in [5, 5.41) is 0. The molecule has 0 heterocycles. The van der Waals surface area contributed by atoms with E-state index in [0.717, 1.165) is 55.6 Å². The van der Waals surface area contributed by atoms with Crippen molar-refractivity contribution in [2.24, 2.45) is 0 Å². The van der Waals surface area contributed by atoms with Gasteiger partial charge in [-0.3, -0.25) is 0 Å². The molecular weight excluding hydrogens is 1120 g/mol. The molecule has 0 amide bonds. The number of rotatable bonds is 16. The lowest BCUT2D eigenvalue weighted by atomic mass is 9.72. The van der Waals surface area contributed by atoms with Gasteiger partial charge in [0.15, 0.2) is 0 Å². The zero-order chi connectivity index (χ0) is 64.2. The van der Waals surface area contributed by atoms with Crippen LogP contribution in [0.15, 0.2) is 267 Å². The summed E-state index contributed by atoms with van der Waals surface area (Å²) in [4.78, 5) is 2.42. The Kier molecular flexibility index (Phi) is 16.3. The molecule has 14 rings (SSSR count). The third-order valence-electron chi connectivity index (χ3n) is 20.8. The first-order chi connectivity index (χ1) is 45.0. The van der Waals surface area contributed by atoms with Crippen LogP contribution in [0.3, 0.4) is 0 Å². The van der Waals surface area contributed by atoms with Gasteiger partial charge in [-0.2, -0.15) is 0 Å².